The largest absolute Gasteiger partial charge is 0.359 e. The van der Waals surface area contributed by atoms with Crippen molar-refractivity contribution in [3.8, 4) is 11.1 Å². The molecule has 2 aromatic rings. The summed E-state index contributed by atoms with van der Waals surface area (Å²) in [6, 6.07) is 18.7. The second-order valence-electron chi connectivity index (χ2n) is 7.38. The monoisotopic (exact) mass is 364 g/mol. The topological polar surface area (TPSA) is 49.4 Å². The average Bonchev–Trinajstić information content (AvgIpc) is 2.73. The van der Waals surface area contributed by atoms with Gasteiger partial charge in [-0.05, 0) is 36.0 Å². The van der Waals surface area contributed by atoms with Crippen LogP contribution in [0.15, 0.2) is 54.6 Å². The molecule has 3 rings (SSSR count). The van der Waals surface area contributed by atoms with Crippen molar-refractivity contribution in [2.75, 3.05) is 20.1 Å². The molecule has 0 spiro atoms. The number of carbonyl (C=O) groups excluding carboxylic acids is 2. The Labute approximate surface area is 161 Å². The minimum Gasteiger partial charge on any atom is -0.359 e. The van der Waals surface area contributed by atoms with E-state index < -0.39 is 5.41 Å². The van der Waals surface area contributed by atoms with E-state index in [1.807, 2.05) is 36.1 Å². The van der Waals surface area contributed by atoms with Crippen molar-refractivity contribution in [2.45, 2.75) is 32.6 Å². The standard InChI is InChI=1S/C23H28N2O2/c1-3-21(26)25-14-8-13-23(17-25,22(27)24-2)16-18-9-7-12-20(15-18)19-10-5-4-6-11-19/h4-7,9-12,15H,3,8,13-14,16-17H2,1-2H3,(H,24,27)/t23-/m0/s1. The van der Waals surface area contributed by atoms with Crippen LogP contribution in [-0.2, 0) is 16.0 Å². The molecule has 0 aromatic heterocycles. The zero-order valence-electron chi connectivity index (χ0n) is 16.2. The molecule has 1 heterocycles. The van der Waals surface area contributed by atoms with Crippen molar-refractivity contribution >= 4 is 11.8 Å². The predicted molar refractivity (Wildman–Crippen MR) is 108 cm³/mol. The molecular weight excluding hydrogens is 336 g/mol. The van der Waals surface area contributed by atoms with Gasteiger partial charge in [0.2, 0.25) is 11.8 Å². The summed E-state index contributed by atoms with van der Waals surface area (Å²) >= 11 is 0. The first-order valence-electron chi connectivity index (χ1n) is 9.72. The summed E-state index contributed by atoms with van der Waals surface area (Å²) in [5, 5.41) is 2.84. The summed E-state index contributed by atoms with van der Waals surface area (Å²) in [5.41, 5.74) is 2.88. The summed E-state index contributed by atoms with van der Waals surface area (Å²) in [7, 11) is 1.69. The van der Waals surface area contributed by atoms with Gasteiger partial charge in [-0.25, -0.2) is 0 Å². The molecule has 27 heavy (non-hydrogen) atoms. The summed E-state index contributed by atoms with van der Waals surface area (Å²) in [5.74, 6) is 0.155. The van der Waals surface area contributed by atoms with Gasteiger partial charge < -0.3 is 10.2 Å². The molecule has 2 amide bonds. The van der Waals surface area contributed by atoms with Crippen LogP contribution in [0.2, 0.25) is 0 Å². The highest BCUT2D eigenvalue weighted by Gasteiger charge is 2.42. The van der Waals surface area contributed by atoms with Crippen LogP contribution >= 0.6 is 0 Å². The highest BCUT2D eigenvalue weighted by Crippen LogP contribution is 2.35. The summed E-state index contributed by atoms with van der Waals surface area (Å²) in [4.78, 5) is 27.0. The molecule has 4 heteroatoms. The number of nitrogens with zero attached hydrogens (tertiary/aromatic N) is 1. The average molecular weight is 364 g/mol. The third-order valence-electron chi connectivity index (χ3n) is 5.52. The van der Waals surface area contributed by atoms with E-state index in [9.17, 15) is 9.59 Å². The van der Waals surface area contributed by atoms with Gasteiger partial charge >= 0.3 is 0 Å². The van der Waals surface area contributed by atoms with Crippen LogP contribution in [0.25, 0.3) is 11.1 Å². The van der Waals surface area contributed by atoms with Crippen molar-refractivity contribution in [2.24, 2.45) is 5.41 Å². The van der Waals surface area contributed by atoms with Crippen LogP contribution in [0.1, 0.15) is 31.7 Å². The van der Waals surface area contributed by atoms with E-state index in [1.54, 1.807) is 7.05 Å². The summed E-state index contributed by atoms with van der Waals surface area (Å²) in [6.45, 7) is 3.12. The minimum atomic E-state index is -0.562. The number of rotatable bonds is 5. The number of likely N-dealkylation sites (tertiary alicyclic amines) is 1. The van der Waals surface area contributed by atoms with Crippen LogP contribution in [0, 0.1) is 5.41 Å². The third kappa shape index (κ3) is 4.21. The van der Waals surface area contributed by atoms with Crippen molar-refractivity contribution in [1.29, 1.82) is 0 Å². The van der Waals surface area contributed by atoms with E-state index in [2.05, 4.69) is 35.6 Å². The zero-order chi connectivity index (χ0) is 19.3. The van der Waals surface area contributed by atoms with Gasteiger partial charge in [0, 0.05) is 26.6 Å². The third-order valence-corrected chi connectivity index (χ3v) is 5.52. The molecule has 1 saturated heterocycles. The summed E-state index contributed by atoms with van der Waals surface area (Å²) in [6.07, 6.45) is 2.78. The molecule has 0 aliphatic carbocycles. The van der Waals surface area contributed by atoms with Gasteiger partial charge in [-0.1, -0.05) is 61.5 Å². The normalized spacial score (nSPS) is 19.6. The van der Waals surface area contributed by atoms with Crippen molar-refractivity contribution in [3.05, 3.63) is 60.2 Å². The number of piperidine rings is 1. The zero-order valence-corrected chi connectivity index (χ0v) is 16.2. The maximum Gasteiger partial charge on any atom is 0.228 e. The maximum atomic E-state index is 12.9. The highest BCUT2D eigenvalue weighted by atomic mass is 16.2. The number of carbonyl (C=O) groups is 2. The molecule has 142 valence electrons. The van der Waals surface area contributed by atoms with E-state index in [0.29, 0.717) is 19.4 Å². The van der Waals surface area contributed by atoms with Gasteiger partial charge in [0.15, 0.2) is 0 Å². The highest BCUT2D eigenvalue weighted by molar-refractivity contribution is 5.85. The molecular formula is C23H28N2O2. The first-order valence-corrected chi connectivity index (χ1v) is 9.72. The number of hydrogen-bond acceptors (Lipinski definition) is 2. The minimum absolute atomic E-state index is 0.0289. The van der Waals surface area contributed by atoms with Crippen molar-refractivity contribution in [3.63, 3.8) is 0 Å². The Kier molecular flexibility index (Phi) is 5.94. The van der Waals surface area contributed by atoms with Gasteiger partial charge in [0.1, 0.15) is 0 Å². The second-order valence-corrected chi connectivity index (χ2v) is 7.38. The lowest BCUT2D eigenvalue weighted by Gasteiger charge is -2.41. The molecule has 1 aliphatic rings. The Balaban J connectivity index is 1.89. The van der Waals surface area contributed by atoms with Gasteiger partial charge in [-0.15, -0.1) is 0 Å². The lowest BCUT2D eigenvalue weighted by atomic mass is 9.74. The lowest BCUT2D eigenvalue weighted by molar-refractivity contribution is -0.141. The number of hydrogen-bond donors (Lipinski definition) is 1. The first kappa shape index (κ1) is 19.2. The second kappa shape index (κ2) is 8.38. The lowest BCUT2D eigenvalue weighted by Crippen LogP contribution is -2.53. The van der Waals surface area contributed by atoms with E-state index in [0.717, 1.165) is 30.5 Å². The molecule has 1 aliphatic heterocycles. The molecule has 4 nitrogen and oxygen atoms in total. The molecule has 1 atom stereocenters. The quantitative estimate of drug-likeness (QED) is 0.880. The molecule has 2 aromatic carbocycles. The molecule has 0 bridgehead atoms. The van der Waals surface area contributed by atoms with Crippen LogP contribution in [0.5, 0.6) is 0 Å². The Bertz CT molecular complexity index is 803. The molecule has 0 radical (unpaired) electrons. The Morgan fingerprint density at radius 3 is 2.52 bits per heavy atom. The van der Waals surface area contributed by atoms with E-state index >= 15 is 0 Å². The first-order chi connectivity index (χ1) is 13.1. The van der Waals surface area contributed by atoms with E-state index in [1.165, 1.54) is 5.56 Å². The van der Waals surface area contributed by atoms with Gasteiger partial charge in [0.05, 0.1) is 5.41 Å². The van der Waals surface area contributed by atoms with Crippen LogP contribution in [-0.4, -0.2) is 36.9 Å². The maximum absolute atomic E-state index is 12.9. The Morgan fingerprint density at radius 2 is 1.81 bits per heavy atom. The molecule has 1 fully saturated rings. The van der Waals surface area contributed by atoms with Gasteiger partial charge in [-0.2, -0.15) is 0 Å². The number of benzene rings is 2. The van der Waals surface area contributed by atoms with Crippen LogP contribution in [0.3, 0.4) is 0 Å². The fourth-order valence-corrected chi connectivity index (χ4v) is 4.13. The fraction of sp³-hybridized carbons (Fsp3) is 0.391. The van der Waals surface area contributed by atoms with Gasteiger partial charge in [0.25, 0.3) is 0 Å². The van der Waals surface area contributed by atoms with Crippen LogP contribution < -0.4 is 5.32 Å². The summed E-state index contributed by atoms with van der Waals surface area (Å²) < 4.78 is 0. The fourth-order valence-electron chi connectivity index (χ4n) is 4.13. The molecule has 1 N–H and O–H groups in total. The SMILES string of the molecule is CCC(=O)N1CCC[C@@](Cc2cccc(-c3ccccc3)c2)(C(=O)NC)C1. The Hall–Kier alpha value is -2.62. The van der Waals surface area contributed by atoms with Crippen LogP contribution in [0.4, 0.5) is 0 Å². The smallest absolute Gasteiger partial charge is 0.228 e. The van der Waals surface area contributed by atoms with Gasteiger partial charge in [-0.3, -0.25) is 9.59 Å². The predicted octanol–water partition coefficient (Wildman–Crippen LogP) is 3.66. The van der Waals surface area contributed by atoms with Crippen molar-refractivity contribution in [1.82, 2.24) is 10.2 Å². The van der Waals surface area contributed by atoms with E-state index in [-0.39, 0.29) is 11.8 Å². The number of nitrogens with one attached hydrogen (secondary N) is 1. The van der Waals surface area contributed by atoms with Crippen molar-refractivity contribution < 1.29 is 9.59 Å². The molecule has 0 unspecified atom stereocenters. The molecule has 0 saturated carbocycles. The number of amides is 2. The Morgan fingerprint density at radius 1 is 1.07 bits per heavy atom. The van der Waals surface area contributed by atoms with E-state index in [4.69, 9.17) is 0 Å².